The summed E-state index contributed by atoms with van der Waals surface area (Å²) in [6.45, 7) is 1.51. The second-order valence-corrected chi connectivity index (χ2v) is 6.00. The summed E-state index contributed by atoms with van der Waals surface area (Å²) in [5, 5.41) is 7.91. The molecule has 1 saturated carbocycles. The monoisotopic (exact) mass is 223 g/mol. The van der Waals surface area contributed by atoms with Gasteiger partial charge in [-0.15, -0.1) is 0 Å². The zero-order valence-electron chi connectivity index (χ0n) is 8.26. The van der Waals surface area contributed by atoms with Crippen LogP contribution in [0.3, 0.4) is 0 Å². The molecule has 0 radical (unpaired) electrons. The molecule has 84 valence electrons. The van der Waals surface area contributed by atoms with E-state index in [1.54, 1.807) is 0 Å². The van der Waals surface area contributed by atoms with Crippen LogP contribution in [-0.4, -0.2) is 26.8 Å². The molecule has 0 aromatic carbocycles. The average Bonchev–Trinajstić information content (AvgIpc) is 2.48. The Bertz CT molecular complexity index is 254. The third-order valence-electron chi connectivity index (χ3n) is 3.26. The van der Waals surface area contributed by atoms with Crippen molar-refractivity contribution in [2.45, 2.75) is 31.5 Å². The lowest BCUT2D eigenvalue weighted by molar-refractivity contribution is 0.0278. The van der Waals surface area contributed by atoms with Gasteiger partial charge in [-0.2, -0.15) is 0 Å². The predicted molar refractivity (Wildman–Crippen MR) is 52.6 cm³/mol. The lowest BCUT2D eigenvalue weighted by Gasteiger charge is -2.35. The lowest BCUT2D eigenvalue weighted by Crippen LogP contribution is -2.45. The van der Waals surface area contributed by atoms with E-state index in [1.165, 1.54) is 0 Å². The Morgan fingerprint density at radius 1 is 1.50 bits per heavy atom. The number of hydrogen-bond acceptors (Lipinski definition) is 3. The standard InChI is InChI=1S/C8H18NO4P/c1-6-3-2-4-7(6)8(10,5-9)14(11,12)13/h6-7,10H,2-5,9H2,1H3,(H2,11,12,13)/t6-,7-,8?/m1/s1. The maximum absolute atomic E-state index is 11.2. The number of hydrogen-bond donors (Lipinski definition) is 4. The zero-order chi connectivity index (χ0) is 11.0. The largest absolute Gasteiger partial charge is 0.376 e. The smallest absolute Gasteiger partial charge is 0.358 e. The molecule has 0 bridgehead atoms. The summed E-state index contributed by atoms with van der Waals surface area (Å²) in [6.07, 6.45) is 2.43. The Balaban J connectivity index is 2.95. The fraction of sp³-hybridized carbons (Fsp3) is 1.00. The molecule has 0 spiro atoms. The third-order valence-corrected chi connectivity index (χ3v) is 4.78. The topological polar surface area (TPSA) is 104 Å². The fourth-order valence-corrected chi connectivity index (χ4v) is 3.37. The van der Waals surface area contributed by atoms with Gasteiger partial charge in [-0.05, 0) is 12.3 Å². The highest BCUT2D eigenvalue weighted by molar-refractivity contribution is 7.53. The molecule has 0 amide bonds. The minimum absolute atomic E-state index is 0.121. The van der Waals surface area contributed by atoms with E-state index >= 15 is 0 Å². The highest BCUT2D eigenvalue weighted by atomic mass is 31.2. The van der Waals surface area contributed by atoms with Crippen molar-refractivity contribution in [1.82, 2.24) is 0 Å². The maximum Gasteiger partial charge on any atom is 0.358 e. The van der Waals surface area contributed by atoms with Crippen LogP contribution in [0.1, 0.15) is 26.2 Å². The van der Waals surface area contributed by atoms with E-state index in [2.05, 4.69) is 0 Å². The van der Waals surface area contributed by atoms with Crippen LogP contribution in [-0.2, 0) is 4.57 Å². The predicted octanol–water partition coefficient (Wildman–Crippen LogP) is 0.248. The molecule has 1 fully saturated rings. The molecule has 0 aromatic rings. The molecule has 5 N–H and O–H groups in total. The molecule has 0 heterocycles. The maximum atomic E-state index is 11.2. The summed E-state index contributed by atoms with van der Waals surface area (Å²) >= 11 is 0. The third kappa shape index (κ3) is 1.88. The first-order chi connectivity index (χ1) is 6.33. The molecule has 5 nitrogen and oxygen atoms in total. The summed E-state index contributed by atoms with van der Waals surface area (Å²) in [7, 11) is -4.54. The Kier molecular flexibility index (Phi) is 3.39. The minimum Gasteiger partial charge on any atom is -0.376 e. The van der Waals surface area contributed by atoms with Gasteiger partial charge in [-0.1, -0.05) is 19.8 Å². The Morgan fingerprint density at radius 2 is 2.07 bits per heavy atom. The molecule has 1 unspecified atom stereocenters. The summed E-state index contributed by atoms with van der Waals surface area (Å²) in [4.78, 5) is 18.2. The van der Waals surface area contributed by atoms with Crippen molar-refractivity contribution in [3.63, 3.8) is 0 Å². The number of aliphatic hydroxyl groups is 1. The second-order valence-electron chi connectivity index (χ2n) is 4.14. The number of rotatable bonds is 3. The van der Waals surface area contributed by atoms with Gasteiger partial charge in [0.25, 0.3) is 0 Å². The van der Waals surface area contributed by atoms with Crippen molar-refractivity contribution in [3.8, 4) is 0 Å². The van der Waals surface area contributed by atoms with Crippen LogP contribution in [0.5, 0.6) is 0 Å². The van der Waals surface area contributed by atoms with Crippen LogP contribution in [0.15, 0.2) is 0 Å². The summed E-state index contributed by atoms with van der Waals surface area (Å²) in [5.74, 6) is -0.260. The Morgan fingerprint density at radius 3 is 2.36 bits per heavy atom. The molecular formula is C8H18NO4P. The molecule has 1 rings (SSSR count). The van der Waals surface area contributed by atoms with Gasteiger partial charge >= 0.3 is 7.60 Å². The van der Waals surface area contributed by atoms with Crippen molar-refractivity contribution in [2.75, 3.05) is 6.54 Å². The lowest BCUT2D eigenvalue weighted by atomic mass is 9.91. The zero-order valence-corrected chi connectivity index (χ0v) is 9.15. The average molecular weight is 223 g/mol. The normalized spacial score (nSPS) is 32.9. The Labute approximate surface area is 83.5 Å². The summed E-state index contributed by atoms with van der Waals surface area (Å²) < 4.78 is 11.2. The van der Waals surface area contributed by atoms with Crippen LogP contribution in [0.4, 0.5) is 0 Å². The molecule has 1 aliphatic carbocycles. The quantitative estimate of drug-likeness (QED) is 0.513. The van der Waals surface area contributed by atoms with E-state index in [9.17, 15) is 9.67 Å². The van der Waals surface area contributed by atoms with Crippen molar-refractivity contribution < 1.29 is 19.5 Å². The van der Waals surface area contributed by atoms with Gasteiger partial charge in [0.2, 0.25) is 0 Å². The van der Waals surface area contributed by atoms with Crippen LogP contribution in [0, 0.1) is 11.8 Å². The Hall–Kier alpha value is 0.0700. The first kappa shape index (κ1) is 12.1. The highest BCUT2D eigenvalue weighted by Gasteiger charge is 2.53. The van der Waals surface area contributed by atoms with E-state index in [0.717, 1.165) is 12.8 Å². The van der Waals surface area contributed by atoms with Gasteiger partial charge in [-0.3, -0.25) is 4.57 Å². The van der Waals surface area contributed by atoms with E-state index in [1.807, 2.05) is 6.92 Å². The number of nitrogens with two attached hydrogens (primary N) is 1. The van der Waals surface area contributed by atoms with Crippen molar-refractivity contribution in [1.29, 1.82) is 0 Å². The minimum atomic E-state index is -4.54. The molecular weight excluding hydrogens is 205 g/mol. The first-order valence-corrected chi connectivity index (χ1v) is 6.42. The van der Waals surface area contributed by atoms with Crippen LogP contribution in [0.2, 0.25) is 0 Å². The summed E-state index contributed by atoms with van der Waals surface area (Å²) in [6, 6.07) is 0. The van der Waals surface area contributed by atoms with Gasteiger partial charge in [0.1, 0.15) is 0 Å². The molecule has 1 aliphatic rings. The van der Waals surface area contributed by atoms with Crippen molar-refractivity contribution >= 4 is 7.60 Å². The van der Waals surface area contributed by atoms with Gasteiger partial charge in [0.15, 0.2) is 5.34 Å². The van der Waals surface area contributed by atoms with Crippen molar-refractivity contribution in [3.05, 3.63) is 0 Å². The molecule has 0 aromatic heterocycles. The van der Waals surface area contributed by atoms with E-state index in [0.29, 0.717) is 6.42 Å². The van der Waals surface area contributed by atoms with Gasteiger partial charge in [0, 0.05) is 12.5 Å². The molecule has 3 atom stereocenters. The molecule has 6 heteroatoms. The van der Waals surface area contributed by atoms with E-state index < -0.39 is 12.9 Å². The van der Waals surface area contributed by atoms with Crippen LogP contribution in [0.25, 0.3) is 0 Å². The first-order valence-electron chi connectivity index (χ1n) is 4.81. The van der Waals surface area contributed by atoms with Gasteiger partial charge < -0.3 is 20.6 Å². The van der Waals surface area contributed by atoms with Crippen LogP contribution < -0.4 is 5.73 Å². The molecule has 0 saturated heterocycles. The summed E-state index contributed by atoms with van der Waals surface area (Å²) in [5.41, 5.74) is 5.29. The van der Waals surface area contributed by atoms with Crippen molar-refractivity contribution in [2.24, 2.45) is 17.6 Å². The molecule has 14 heavy (non-hydrogen) atoms. The fourth-order valence-electron chi connectivity index (χ4n) is 2.32. The highest BCUT2D eigenvalue weighted by Crippen LogP contribution is 2.57. The van der Waals surface area contributed by atoms with E-state index in [4.69, 9.17) is 15.5 Å². The van der Waals surface area contributed by atoms with Crippen LogP contribution >= 0.6 is 7.60 Å². The SMILES string of the molecule is C[C@@H]1CCC[C@H]1C(O)(CN)P(=O)(O)O. The van der Waals surface area contributed by atoms with Gasteiger partial charge in [-0.25, -0.2) is 0 Å². The molecule has 0 aliphatic heterocycles. The second kappa shape index (κ2) is 3.91. The van der Waals surface area contributed by atoms with E-state index in [-0.39, 0.29) is 18.4 Å². The van der Waals surface area contributed by atoms with Gasteiger partial charge in [0.05, 0.1) is 0 Å².